The van der Waals surface area contributed by atoms with Crippen molar-refractivity contribution in [1.82, 2.24) is 9.80 Å². The molecule has 8 heteroatoms. The molecule has 0 aromatic rings. The zero-order valence-electron chi connectivity index (χ0n) is 8.77. The van der Waals surface area contributed by atoms with Gasteiger partial charge in [-0.3, -0.25) is 19.8 Å². The average molecular weight is 387 g/mol. The van der Waals surface area contributed by atoms with E-state index in [0.717, 1.165) is 0 Å². The van der Waals surface area contributed by atoms with Crippen LogP contribution in [0.3, 0.4) is 0 Å². The summed E-state index contributed by atoms with van der Waals surface area (Å²) in [5.41, 5.74) is 0. The van der Waals surface area contributed by atoms with E-state index in [1.54, 1.807) is 28.2 Å². The van der Waals surface area contributed by atoms with E-state index in [4.69, 9.17) is 0 Å². The summed E-state index contributed by atoms with van der Waals surface area (Å²) in [5.74, 6) is 1.23. The Labute approximate surface area is 109 Å². The fourth-order valence-corrected chi connectivity index (χ4v) is 1.21. The first-order valence-electron chi connectivity index (χ1n) is 3.82. The van der Waals surface area contributed by atoms with Crippen molar-refractivity contribution < 1.29 is 15.7 Å². The minimum atomic E-state index is -0.101. The van der Waals surface area contributed by atoms with Crippen molar-refractivity contribution in [3.05, 3.63) is 0 Å². The molecule has 1 aliphatic heterocycles. The van der Waals surface area contributed by atoms with Gasteiger partial charge in [-0.25, -0.2) is 4.79 Å². The van der Waals surface area contributed by atoms with E-state index in [-0.39, 0.29) is 6.03 Å². The molecule has 0 bridgehead atoms. The van der Waals surface area contributed by atoms with E-state index < -0.39 is 0 Å². The molecule has 15 heavy (non-hydrogen) atoms. The topological polar surface area (TPSA) is 48.3 Å². The maximum absolute atomic E-state index is 11.3. The van der Waals surface area contributed by atoms with E-state index in [1.165, 1.54) is 20.7 Å². The molecule has 0 aromatic carbocycles. The SMILES string of the molecule is CN=C1C(=NC)N(C)C(=O)N1C.[Br][Ni][Br]. The van der Waals surface area contributed by atoms with E-state index in [2.05, 4.69) is 38.4 Å². The second-order valence-electron chi connectivity index (χ2n) is 2.54. The van der Waals surface area contributed by atoms with Gasteiger partial charge in [0.2, 0.25) is 0 Å². The summed E-state index contributed by atoms with van der Waals surface area (Å²) in [7, 11) is 7.89. The van der Waals surface area contributed by atoms with Gasteiger partial charge in [0.1, 0.15) is 0 Å². The molecule has 90 valence electrons. The molecule has 0 atom stereocenters. The predicted octanol–water partition coefficient (Wildman–Crippen LogP) is 1.73. The molecule has 1 fully saturated rings. The number of hydrogen-bond donors (Lipinski definition) is 0. The van der Waals surface area contributed by atoms with Crippen LogP contribution in [0.5, 0.6) is 0 Å². The second-order valence-corrected chi connectivity index (χ2v) is 7.52. The van der Waals surface area contributed by atoms with Gasteiger partial charge in [0.15, 0.2) is 11.7 Å². The minimum absolute atomic E-state index is 0.101. The molecule has 0 aliphatic carbocycles. The molecule has 0 unspecified atom stereocenters. The Bertz CT molecular complexity index is 269. The first-order chi connectivity index (χ1) is 7.04. The van der Waals surface area contributed by atoms with E-state index in [9.17, 15) is 4.79 Å². The molecule has 1 aliphatic rings. The van der Waals surface area contributed by atoms with Gasteiger partial charge in [-0.1, -0.05) is 0 Å². The van der Waals surface area contributed by atoms with Crippen molar-refractivity contribution in [3.63, 3.8) is 0 Å². The van der Waals surface area contributed by atoms with Crippen molar-refractivity contribution in [1.29, 1.82) is 0 Å². The van der Waals surface area contributed by atoms with Crippen LogP contribution in [0.25, 0.3) is 0 Å². The van der Waals surface area contributed by atoms with Crippen molar-refractivity contribution >= 4 is 46.2 Å². The van der Waals surface area contributed by atoms with E-state index in [0.29, 0.717) is 11.7 Å². The van der Waals surface area contributed by atoms with Gasteiger partial charge in [-0.2, -0.15) is 0 Å². The van der Waals surface area contributed by atoms with Crippen molar-refractivity contribution in [2.75, 3.05) is 28.2 Å². The van der Waals surface area contributed by atoms with Gasteiger partial charge < -0.3 is 0 Å². The number of likely N-dealkylation sites (N-methyl/N-ethyl adjacent to an activating group) is 2. The van der Waals surface area contributed by atoms with Gasteiger partial charge in [0.05, 0.1) is 0 Å². The molecule has 5 nitrogen and oxygen atoms in total. The molecule has 1 saturated heterocycles. The molecule has 0 N–H and O–H groups in total. The van der Waals surface area contributed by atoms with Crippen LogP contribution in [0, 0.1) is 0 Å². The van der Waals surface area contributed by atoms with Gasteiger partial charge in [-0.15, -0.1) is 0 Å². The number of amides is 2. The second kappa shape index (κ2) is 7.36. The Kier molecular flexibility index (Phi) is 7.39. The van der Waals surface area contributed by atoms with Crippen LogP contribution in [0.4, 0.5) is 4.79 Å². The zero-order valence-corrected chi connectivity index (χ0v) is 12.9. The molecular formula is C7H12Br2N4NiO. The van der Waals surface area contributed by atoms with Crippen LogP contribution >= 0.6 is 28.5 Å². The molecule has 1 heterocycles. The summed E-state index contributed by atoms with van der Waals surface area (Å²) < 4.78 is 0. The van der Waals surface area contributed by atoms with Crippen molar-refractivity contribution in [3.8, 4) is 0 Å². The Morgan fingerprint density at radius 2 is 1.33 bits per heavy atom. The Morgan fingerprint density at radius 3 is 1.53 bits per heavy atom. The number of carbonyl (C=O) groups excluding carboxylic acids is 1. The van der Waals surface area contributed by atoms with Crippen LogP contribution in [0.2, 0.25) is 0 Å². The number of rotatable bonds is 0. The first-order valence-corrected chi connectivity index (χ1v) is 8.71. The van der Waals surface area contributed by atoms with Crippen LogP contribution in [0.1, 0.15) is 0 Å². The summed E-state index contributed by atoms with van der Waals surface area (Å²) in [6.45, 7) is 0. The third kappa shape index (κ3) is 3.53. The van der Waals surface area contributed by atoms with Crippen LogP contribution in [0.15, 0.2) is 9.98 Å². The fraction of sp³-hybridized carbons (Fsp3) is 0.571. The Hall–Kier alpha value is 0.0635. The fourth-order valence-electron chi connectivity index (χ4n) is 1.21. The predicted molar refractivity (Wildman–Crippen MR) is 65.5 cm³/mol. The number of urea groups is 1. The van der Waals surface area contributed by atoms with Crippen LogP contribution in [-0.2, 0) is 10.9 Å². The molecular weight excluding hydrogens is 375 g/mol. The average Bonchev–Trinajstić information content (AvgIpc) is 2.43. The maximum atomic E-state index is 11.3. The third-order valence-corrected chi connectivity index (χ3v) is 1.83. The van der Waals surface area contributed by atoms with Gasteiger partial charge in [-0.05, 0) is 0 Å². The summed E-state index contributed by atoms with van der Waals surface area (Å²) in [5, 5.41) is 0. The number of amidine groups is 2. The zero-order chi connectivity index (χ0) is 12.0. The van der Waals surface area contributed by atoms with E-state index in [1.807, 2.05) is 0 Å². The van der Waals surface area contributed by atoms with Crippen molar-refractivity contribution in [2.45, 2.75) is 0 Å². The number of carbonyl (C=O) groups is 1. The van der Waals surface area contributed by atoms with Crippen molar-refractivity contribution in [2.24, 2.45) is 9.98 Å². The Morgan fingerprint density at radius 1 is 1.07 bits per heavy atom. The first kappa shape index (κ1) is 15.1. The normalized spacial score (nSPS) is 21.3. The molecule has 0 saturated carbocycles. The summed E-state index contributed by atoms with van der Waals surface area (Å²) >= 11 is 6.00. The third-order valence-electron chi connectivity index (χ3n) is 1.83. The summed E-state index contributed by atoms with van der Waals surface area (Å²) in [6.07, 6.45) is 0. The van der Waals surface area contributed by atoms with Gasteiger partial charge >= 0.3 is 45.4 Å². The van der Waals surface area contributed by atoms with Gasteiger partial charge in [0, 0.05) is 28.2 Å². The number of aliphatic imine (C=N–C) groups is 2. The summed E-state index contributed by atoms with van der Waals surface area (Å²) in [6, 6.07) is -0.101. The number of nitrogens with zero attached hydrogens (tertiary/aromatic N) is 4. The van der Waals surface area contributed by atoms with E-state index >= 15 is 0 Å². The molecule has 2 amide bonds. The standard InChI is InChI=1S/C7H12N4O.2BrH.Ni/c1-8-5-6(9-2)11(4)7(12)10(5)3;;;/h1-4H3;2*1H;/q;;;+2/p-2. The monoisotopic (exact) mass is 384 g/mol. The molecule has 0 aromatic heterocycles. The van der Waals surface area contributed by atoms with Crippen LogP contribution in [-0.4, -0.2) is 55.7 Å². The number of halogens is 2. The Balaban J connectivity index is 0.000000583. The quantitative estimate of drug-likeness (QED) is 0.585. The molecule has 0 radical (unpaired) electrons. The van der Waals surface area contributed by atoms with Gasteiger partial charge in [0.25, 0.3) is 0 Å². The van der Waals surface area contributed by atoms with Crippen LogP contribution < -0.4 is 0 Å². The molecule has 1 rings (SSSR count). The summed E-state index contributed by atoms with van der Waals surface area (Å²) in [4.78, 5) is 22.2. The molecule has 0 spiro atoms. The number of hydrogen-bond acceptors (Lipinski definition) is 3.